The average Bonchev–Trinajstić information content (AvgIpc) is 2.99. The summed E-state index contributed by atoms with van der Waals surface area (Å²) in [6.45, 7) is 3.26. The van der Waals surface area contributed by atoms with Crippen LogP contribution in [-0.2, 0) is 15.1 Å². The lowest BCUT2D eigenvalue weighted by molar-refractivity contribution is -0.116. The summed E-state index contributed by atoms with van der Waals surface area (Å²) >= 11 is 5.99. The Balaban J connectivity index is 1.68. The molecule has 1 saturated heterocycles. The highest BCUT2D eigenvalue weighted by molar-refractivity contribution is 6.30. The third-order valence-corrected chi connectivity index (χ3v) is 4.48. The first-order chi connectivity index (χ1) is 11.6. The number of nitrogens with zero attached hydrogens (tertiary/aromatic N) is 1. The van der Waals surface area contributed by atoms with Crippen molar-refractivity contribution in [2.45, 2.75) is 25.3 Å². The zero-order chi connectivity index (χ0) is 17.0. The molecule has 2 N–H and O–H groups in total. The number of benzene rings is 1. The molecule has 2 aromatic rings. The summed E-state index contributed by atoms with van der Waals surface area (Å²) in [5.74, 6) is 0.912. The van der Waals surface area contributed by atoms with Gasteiger partial charge in [0.2, 0.25) is 5.91 Å². The summed E-state index contributed by atoms with van der Waals surface area (Å²) in [6.07, 6.45) is 1.59. The quantitative estimate of drug-likeness (QED) is 0.868. The molecule has 1 amide bonds. The van der Waals surface area contributed by atoms with Crippen molar-refractivity contribution >= 4 is 23.3 Å². The summed E-state index contributed by atoms with van der Waals surface area (Å²) in [6, 6.07) is 9.42. The molecule has 24 heavy (non-hydrogen) atoms. The van der Waals surface area contributed by atoms with Crippen LogP contribution in [0, 0.1) is 6.92 Å². The maximum absolute atomic E-state index is 12.2. The average molecular weight is 350 g/mol. The van der Waals surface area contributed by atoms with Gasteiger partial charge in [0, 0.05) is 29.8 Å². The summed E-state index contributed by atoms with van der Waals surface area (Å²) in [5, 5.41) is 10.6. The van der Waals surface area contributed by atoms with E-state index in [4.69, 9.17) is 20.9 Å². The van der Waals surface area contributed by atoms with Crippen LogP contribution in [0.25, 0.3) is 0 Å². The van der Waals surface area contributed by atoms with E-state index in [0.29, 0.717) is 29.8 Å². The molecule has 1 aromatic carbocycles. The first-order valence-electron chi connectivity index (χ1n) is 7.89. The van der Waals surface area contributed by atoms with E-state index < -0.39 is 0 Å². The van der Waals surface area contributed by atoms with Gasteiger partial charge in [0.05, 0.1) is 6.54 Å². The minimum atomic E-state index is -0.292. The van der Waals surface area contributed by atoms with Gasteiger partial charge in [0.25, 0.3) is 0 Å². The van der Waals surface area contributed by atoms with E-state index in [2.05, 4.69) is 15.8 Å². The lowest BCUT2D eigenvalue weighted by atomic mass is 9.82. The summed E-state index contributed by atoms with van der Waals surface area (Å²) in [7, 11) is 0. The van der Waals surface area contributed by atoms with E-state index in [0.717, 1.165) is 18.4 Å². The fourth-order valence-corrected chi connectivity index (χ4v) is 3.04. The standard InChI is InChI=1S/C17H20ClN3O3/c1-12-10-15(21-24-12)20-16(22)11-19-17(6-8-23-9-7-17)13-2-4-14(18)5-3-13/h2-5,10,19H,6-9,11H2,1H3,(H,20,21,22). The number of amides is 1. The molecule has 3 rings (SSSR count). The number of carbonyl (C=O) groups excluding carboxylic acids is 1. The van der Waals surface area contributed by atoms with Crippen LogP contribution in [0.3, 0.4) is 0 Å². The number of aromatic nitrogens is 1. The third-order valence-electron chi connectivity index (χ3n) is 4.23. The van der Waals surface area contributed by atoms with E-state index in [1.807, 2.05) is 24.3 Å². The number of hydrogen-bond acceptors (Lipinski definition) is 5. The maximum atomic E-state index is 12.2. The minimum absolute atomic E-state index is 0.164. The van der Waals surface area contributed by atoms with Crippen LogP contribution in [0.2, 0.25) is 5.02 Å². The highest BCUT2D eigenvalue weighted by Crippen LogP contribution is 2.32. The zero-order valence-corrected chi connectivity index (χ0v) is 14.2. The van der Waals surface area contributed by atoms with Gasteiger partial charge >= 0.3 is 0 Å². The molecule has 0 saturated carbocycles. The van der Waals surface area contributed by atoms with Gasteiger partial charge in [-0.05, 0) is 37.5 Å². The van der Waals surface area contributed by atoms with E-state index in [9.17, 15) is 4.79 Å². The molecule has 1 aromatic heterocycles. The third kappa shape index (κ3) is 3.95. The van der Waals surface area contributed by atoms with Crippen molar-refractivity contribution in [2.75, 3.05) is 25.1 Å². The van der Waals surface area contributed by atoms with Crippen molar-refractivity contribution in [1.29, 1.82) is 0 Å². The van der Waals surface area contributed by atoms with Crippen LogP contribution in [0.5, 0.6) is 0 Å². The molecule has 0 atom stereocenters. The maximum Gasteiger partial charge on any atom is 0.239 e. The van der Waals surface area contributed by atoms with Crippen molar-refractivity contribution in [2.24, 2.45) is 0 Å². The van der Waals surface area contributed by atoms with Crippen molar-refractivity contribution in [1.82, 2.24) is 10.5 Å². The van der Waals surface area contributed by atoms with Crippen LogP contribution in [0.4, 0.5) is 5.82 Å². The van der Waals surface area contributed by atoms with Gasteiger partial charge in [-0.25, -0.2) is 0 Å². The number of rotatable bonds is 5. The first-order valence-corrected chi connectivity index (χ1v) is 8.27. The van der Waals surface area contributed by atoms with Crippen molar-refractivity contribution in [3.63, 3.8) is 0 Å². The summed E-state index contributed by atoms with van der Waals surface area (Å²) in [4.78, 5) is 12.2. The smallest absolute Gasteiger partial charge is 0.239 e. The van der Waals surface area contributed by atoms with Gasteiger partial charge in [-0.1, -0.05) is 28.9 Å². The molecule has 1 fully saturated rings. The van der Waals surface area contributed by atoms with E-state index in [1.54, 1.807) is 13.0 Å². The Labute approximate surface area is 145 Å². The molecule has 0 aliphatic carbocycles. The highest BCUT2D eigenvalue weighted by atomic mass is 35.5. The van der Waals surface area contributed by atoms with E-state index >= 15 is 0 Å². The van der Waals surface area contributed by atoms with Crippen LogP contribution in [0.15, 0.2) is 34.9 Å². The van der Waals surface area contributed by atoms with Crippen molar-refractivity contribution in [3.8, 4) is 0 Å². The monoisotopic (exact) mass is 349 g/mol. The number of anilines is 1. The summed E-state index contributed by atoms with van der Waals surface area (Å²) < 4.78 is 10.4. The Morgan fingerprint density at radius 3 is 2.62 bits per heavy atom. The van der Waals surface area contributed by atoms with Crippen molar-refractivity contribution < 1.29 is 14.1 Å². The van der Waals surface area contributed by atoms with E-state index in [-0.39, 0.29) is 18.0 Å². The molecule has 1 aliphatic rings. The van der Waals surface area contributed by atoms with Crippen LogP contribution in [-0.4, -0.2) is 30.8 Å². The Morgan fingerprint density at radius 1 is 1.29 bits per heavy atom. The number of nitrogens with one attached hydrogen (secondary N) is 2. The van der Waals surface area contributed by atoms with Crippen molar-refractivity contribution in [3.05, 3.63) is 46.7 Å². The fourth-order valence-electron chi connectivity index (χ4n) is 2.92. The Hall–Kier alpha value is -1.89. The highest BCUT2D eigenvalue weighted by Gasteiger charge is 2.34. The molecule has 7 heteroatoms. The van der Waals surface area contributed by atoms with Gasteiger partial charge in [0.1, 0.15) is 5.76 Å². The topological polar surface area (TPSA) is 76.4 Å². The second-order valence-electron chi connectivity index (χ2n) is 5.93. The van der Waals surface area contributed by atoms with E-state index in [1.165, 1.54) is 0 Å². The number of halogens is 1. The molecule has 1 aliphatic heterocycles. The number of carbonyl (C=O) groups is 1. The number of hydrogen-bond donors (Lipinski definition) is 2. The van der Waals surface area contributed by atoms with Gasteiger partial charge in [-0.3, -0.25) is 10.1 Å². The van der Waals surface area contributed by atoms with Crippen LogP contribution < -0.4 is 10.6 Å². The summed E-state index contributed by atoms with van der Waals surface area (Å²) in [5.41, 5.74) is 0.820. The minimum Gasteiger partial charge on any atom is -0.381 e. The zero-order valence-electron chi connectivity index (χ0n) is 13.5. The lowest BCUT2D eigenvalue weighted by Gasteiger charge is -2.38. The fraction of sp³-hybridized carbons (Fsp3) is 0.412. The molecule has 0 spiro atoms. The molecular weight excluding hydrogens is 330 g/mol. The molecule has 128 valence electrons. The Bertz CT molecular complexity index is 693. The van der Waals surface area contributed by atoms with Gasteiger partial charge in [0.15, 0.2) is 5.82 Å². The second kappa shape index (κ2) is 7.34. The van der Waals surface area contributed by atoms with Gasteiger partial charge in [-0.2, -0.15) is 0 Å². The number of aryl methyl sites for hydroxylation is 1. The first kappa shape index (κ1) is 17.0. The molecule has 0 bridgehead atoms. The normalized spacial score (nSPS) is 16.8. The van der Waals surface area contributed by atoms with Crippen LogP contribution in [0.1, 0.15) is 24.2 Å². The molecule has 0 radical (unpaired) electrons. The molecular formula is C17H20ClN3O3. The van der Waals surface area contributed by atoms with Crippen LogP contribution >= 0.6 is 11.6 Å². The predicted octanol–water partition coefficient (Wildman–Crippen LogP) is 2.87. The second-order valence-corrected chi connectivity index (χ2v) is 6.36. The van der Waals surface area contributed by atoms with Gasteiger partial charge in [-0.15, -0.1) is 0 Å². The molecule has 2 heterocycles. The Kier molecular flexibility index (Phi) is 5.18. The largest absolute Gasteiger partial charge is 0.381 e. The molecule has 0 unspecified atom stereocenters. The lowest BCUT2D eigenvalue weighted by Crippen LogP contribution is -2.49. The SMILES string of the molecule is Cc1cc(NC(=O)CNC2(c3ccc(Cl)cc3)CCOCC2)no1. The Morgan fingerprint density at radius 2 is 2.00 bits per heavy atom. The molecule has 6 nitrogen and oxygen atoms in total. The number of ether oxygens (including phenoxy) is 1. The predicted molar refractivity (Wildman–Crippen MR) is 91.1 cm³/mol. The van der Waals surface area contributed by atoms with Gasteiger partial charge < -0.3 is 14.6 Å².